The van der Waals surface area contributed by atoms with Crippen LogP contribution < -0.4 is 20.1 Å². The van der Waals surface area contributed by atoms with Gasteiger partial charge in [-0.05, 0) is 73.0 Å². The van der Waals surface area contributed by atoms with E-state index in [1.54, 1.807) is 36.4 Å². The molecular weight excluding hydrogens is 466 g/mol. The minimum absolute atomic E-state index is 0.0816. The summed E-state index contributed by atoms with van der Waals surface area (Å²) < 4.78 is 32.8. The number of benzene rings is 3. The lowest BCUT2D eigenvalue weighted by Gasteiger charge is -2.11. The van der Waals surface area contributed by atoms with Crippen LogP contribution in [0.3, 0.4) is 0 Å². The highest BCUT2D eigenvalue weighted by molar-refractivity contribution is 7.92. The molecule has 0 radical (unpaired) electrons. The molecule has 0 atom stereocenters. The first kappa shape index (κ1) is 25.5. The van der Waals surface area contributed by atoms with Gasteiger partial charge in [0.2, 0.25) is 11.8 Å². The van der Waals surface area contributed by atoms with Crippen molar-refractivity contribution in [2.24, 2.45) is 0 Å². The van der Waals surface area contributed by atoms with Crippen molar-refractivity contribution in [3.05, 3.63) is 89.5 Å². The topological polar surface area (TPSA) is 114 Å². The Hall–Kier alpha value is -4.11. The number of hydrogen-bond donors (Lipinski definition) is 3. The van der Waals surface area contributed by atoms with Crippen LogP contribution in [0.5, 0.6) is 5.75 Å². The summed E-state index contributed by atoms with van der Waals surface area (Å²) in [6.07, 6.45) is 2.82. The molecule has 3 aromatic rings. The molecule has 0 unspecified atom stereocenters. The quantitative estimate of drug-likeness (QED) is 0.392. The number of anilines is 2. The molecule has 9 heteroatoms. The summed E-state index contributed by atoms with van der Waals surface area (Å²) >= 11 is 0. The zero-order chi connectivity index (χ0) is 25.4. The second-order valence-corrected chi connectivity index (χ2v) is 9.45. The SMILES string of the molecule is COc1ccc(NS(=O)(=O)c2ccc(/C=C/C(=O)NCC(=O)Nc3c(C)cccc3C)cc2)cc1. The zero-order valence-corrected chi connectivity index (χ0v) is 20.5. The molecule has 0 aliphatic heterocycles. The predicted octanol–water partition coefficient (Wildman–Crippen LogP) is 3.88. The largest absolute Gasteiger partial charge is 0.497 e. The molecule has 0 spiro atoms. The number of ether oxygens (including phenoxy) is 1. The molecule has 8 nitrogen and oxygen atoms in total. The molecule has 35 heavy (non-hydrogen) atoms. The van der Waals surface area contributed by atoms with E-state index in [-0.39, 0.29) is 17.3 Å². The number of para-hydroxylation sites is 1. The maximum Gasteiger partial charge on any atom is 0.261 e. The van der Waals surface area contributed by atoms with Crippen LogP contribution in [0.4, 0.5) is 11.4 Å². The molecule has 3 N–H and O–H groups in total. The van der Waals surface area contributed by atoms with E-state index in [2.05, 4.69) is 15.4 Å². The molecule has 0 fully saturated rings. The highest BCUT2D eigenvalue weighted by atomic mass is 32.2. The van der Waals surface area contributed by atoms with Gasteiger partial charge in [-0.1, -0.05) is 30.3 Å². The monoisotopic (exact) mass is 493 g/mol. The Morgan fingerprint density at radius 3 is 2.14 bits per heavy atom. The second-order valence-electron chi connectivity index (χ2n) is 7.77. The number of rotatable bonds is 9. The molecule has 0 saturated carbocycles. The number of carbonyl (C=O) groups excluding carboxylic acids is 2. The lowest BCUT2D eigenvalue weighted by molar-refractivity contribution is -0.121. The van der Waals surface area contributed by atoms with Crippen LogP contribution in [0, 0.1) is 13.8 Å². The van der Waals surface area contributed by atoms with Gasteiger partial charge >= 0.3 is 0 Å². The molecule has 3 rings (SSSR count). The van der Waals surface area contributed by atoms with Gasteiger partial charge in [0.05, 0.1) is 18.6 Å². The average molecular weight is 494 g/mol. The van der Waals surface area contributed by atoms with Crippen molar-refractivity contribution in [1.82, 2.24) is 5.32 Å². The molecule has 0 heterocycles. The number of nitrogens with one attached hydrogen (secondary N) is 3. The van der Waals surface area contributed by atoms with Crippen LogP contribution in [-0.4, -0.2) is 33.9 Å². The molecule has 2 amide bonds. The van der Waals surface area contributed by atoms with Crippen molar-refractivity contribution in [2.75, 3.05) is 23.7 Å². The molecule has 0 saturated heterocycles. The van der Waals surface area contributed by atoms with Gasteiger partial charge in [0.15, 0.2) is 0 Å². The van der Waals surface area contributed by atoms with E-state index in [1.807, 2.05) is 32.0 Å². The lowest BCUT2D eigenvalue weighted by atomic mass is 10.1. The Labute approximate surface area is 205 Å². The minimum atomic E-state index is -3.77. The summed E-state index contributed by atoms with van der Waals surface area (Å²) in [4.78, 5) is 24.3. The summed E-state index contributed by atoms with van der Waals surface area (Å²) in [7, 11) is -2.24. The first-order chi connectivity index (χ1) is 16.7. The van der Waals surface area contributed by atoms with Crippen LogP contribution in [0.25, 0.3) is 6.08 Å². The highest BCUT2D eigenvalue weighted by Crippen LogP contribution is 2.20. The van der Waals surface area contributed by atoms with E-state index in [1.165, 1.54) is 31.4 Å². The maximum absolute atomic E-state index is 12.6. The van der Waals surface area contributed by atoms with Gasteiger partial charge in [0, 0.05) is 17.5 Å². The standard InChI is InChI=1S/C26H27N3O5S/c1-18-5-4-6-19(2)26(18)28-25(31)17-27-24(30)16-9-20-7-14-23(15-8-20)35(32,33)29-21-10-12-22(34-3)13-11-21/h4-16,29H,17H2,1-3H3,(H,27,30)(H,28,31)/b16-9+. The summed E-state index contributed by atoms with van der Waals surface area (Å²) in [6.45, 7) is 3.62. The number of carbonyl (C=O) groups is 2. The molecule has 0 aliphatic rings. The number of aryl methyl sites for hydroxylation is 2. The molecule has 0 aliphatic carbocycles. The van der Waals surface area contributed by atoms with E-state index in [9.17, 15) is 18.0 Å². The first-order valence-electron chi connectivity index (χ1n) is 10.8. The lowest BCUT2D eigenvalue weighted by Crippen LogP contribution is -2.32. The van der Waals surface area contributed by atoms with Crippen molar-refractivity contribution < 1.29 is 22.7 Å². The van der Waals surface area contributed by atoms with Gasteiger partial charge in [0.1, 0.15) is 5.75 Å². The molecular formula is C26H27N3O5S. The summed E-state index contributed by atoms with van der Waals surface area (Å²) in [5.74, 6) is -0.155. The van der Waals surface area contributed by atoms with E-state index >= 15 is 0 Å². The Balaban J connectivity index is 1.53. The van der Waals surface area contributed by atoms with Crippen molar-refractivity contribution in [3.63, 3.8) is 0 Å². The van der Waals surface area contributed by atoms with Gasteiger partial charge in [-0.3, -0.25) is 14.3 Å². The van der Waals surface area contributed by atoms with Crippen LogP contribution in [-0.2, 0) is 19.6 Å². The molecule has 182 valence electrons. The van der Waals surface area contributed by atoms with Gasteiger partial charge < -0.3 is 15.4 Å². The molecule has 3 aromatic carbocycles. The van der Waals surface area contributed by atoms with Gasteiger partial charge in [-0.25, -0.2) is 8.42 Å². The number of amides is 2. The van der Waals surface area contributed by atoms with Crippen molar-refractivity contribution >= 4 is 39.3 Å². The zero-order valence-electron chi connectivity index (χ0n) is 19.7. The van der Waals surface area contributed by atoms with Crippen molar-refractivity contribution in [3.8, 4) is 5.75 Å². The van der Waals surface area contributed by atoms with E-state index in [0.29, 0.717) is 17.0 Å². The summed E-state index contributed by atoms with van der Waals surface area (Å²) in [5, 5.41) is 5.33. The normalized spacial score (nSPS) is 11.2. The fourth-order valence-electron chi connectivity index (χ4n) is 3.22. The Kier molecular flexibility index (Phi) is 8.27. The van der Waals surface area contributed by atoms with Crippen molar-refractivity contribution in [1.29, 1.82) is 0 Å². The van der Waals surface area contributed by atoms with E-state index < -0.39 is 15.9 Å². The van der Waals surface area contributed by atoms with Gasteiger partial charge in [0.25, 0.3) is 10.0 Å². The summed E-state index contributed by atoms with van der Waals surface area (Å²) in [6, 6.07) is 18.3. The predicted molar refractivity (Wildman–Crippen MR) is 137 cm³/mol. The molecule has 0 bridgehead atoms. The third kappa shape index (κ3) is 7.18. The fraction of sp³-hybridized carbons (Fsp3) is 0.154. The number of sulfonamides is 1. The Morgan fingerprint density at radius 2 is 1.54 bits per heavy atom. The van der Waals surface area contributed by atoms with Crippen LogP contribution in [0.2, 0.25) is 0 Å². The summed E-state index contributed by atoms with van der Waals surface area (Å²) in [5.41, 5.74) is 3.65. The number of methoxy groups -OCH3 is 1. The first-order valence-corrected chi connectivity index (χ1v) is 12.2. The number of hydrogen-bond acceptors (Lipinski definition) is 5. The average Bonchev–Trinajstić information content (AvgIpc) is 2.84. The van der Waals surface area contributed by atoms with Crippen molar-refractivity contribution in [2.45, 2.75) is 18.7 Å². The van der Waals surface area contributed by atoms with Crippen LogP contribution in [0.15, 0.2) is 77.7 Å². The van der Waals surface area contributed by atoms with Crippen LogP contribution in [0.1, 0.15) is 16.7 Å². The van der Waals surface area contributed by atoms with Gasteiger partial charge in [-0.15, -0.1) is 0 Å². The minimum Gasteiger partial charge on any atom is -0.497 e. The van der Waals surface area contributed by atoms with Crippen LogP contribution >= 0.6 is 0 Å². The Morgan fingerprint density at radius 1 is 0.914 bits per heavy atom. The smallest absolute Gasteiger partial charge is 0.261 e. The third-order valence-electron chi connectivity index (χ3n) is 5.13. The molecule has 0 aromatic heterocycles. The van der Waals surface area contributed by atoms with Gasteiger partial charge in [-0.2, -0.15) is 0 Å². The second kappa shape index (κ2) is 11.3. The van der Waals surface area contributed by atoms with E-state index in [4.69, 9.17) is 4.74 Å². The Bertz CT molecular complexity index is 1310. The fourth-order valence-corrected chi connectivity index (χ4v) is 4.28. The third-order valence-corrected chi connectivity index (χ3v) is 6.53. The van der Waals surface area contributed by atoms with E-state index in [0.717, 1.165) is 16.8 Å². The maximum atomic E-state index is 12.6. The highest BCUT2D eigenvalue weighted by Gasteiger charge is 2.14.